The zero-order chi connectivity index (χ0) is 55.5. The molecule has 18 nitrogen and oxygen atoms in total. The van der Waals surface area contributed by atoms with Gasteiger partial charge in [-0.2, -0.15) is 4.98 Å². The van der Waals surface area contributed by atoms with E-state index in [9.17, 15) is 32.7 Å². The van der Waals surface area contributed by atoms with Gasteiger partial charge in [0, 0.05) is 92.9 Å². The summed E-state index contributed by atoms with van der Waals surface area (Å²) in [6.45, 7) is 17.9. The van der Waals surface area contributed by atoms with Gasteiger partial charge in [-0.15, -0.1) is 11.3 Å². The third-order valence-electron chi connectivity index (χ3n) is 13.7. The number of nitrogens with zero attached hydrogens (tertiary/aromatic N) is 6. The highest BCUT2D eigenvalue weighted by Gasteiger charge is 2.44. The Morgan fingerprint density at radius 3 is 2.13 bits per heavy atom. The Morgan fingerprint density at radius 1 is 0.805 bits per heavy atom. The van der Waals surface area contributed by atoms with Gasteiger partial charge in [0.05, 0.1) is 27.1 Å². The van der Waals surface area contributed by atoms with Gasteiger partial charge in [0.1, 0.15) is 17.9 Å². The number of hydrogen-bond donors (Lipinski definition) is 6. The Balaban J connectivity index is 0.770. The van der Waals surface area contributed by atoms with Gasteiger partial charge in [-0.1, -0.05) is 76.8 Å². The smallest absolute Gasteiger partial charge is 0.246 e. The second-order valence-corrected chi connectivity index (χ2v) is 24.9. The molecule has 77 heavy (non-hydrogen) atoms. The molecule has 3 atom stereocenters. The summed E-state index contributed by atoms with van der Waals surface area (Å²) in [4.78, 5) is 74.3. The number of likely N-dealkylation sites (tertiary alicyclic amines) is 1. The third-order valence-corrected chi connectivity index (χ3v) is 16.4. The van der Waals surface area contributed by atoms with Crippen LogP contribution in [0.25, 0.3) is 10.4 Å². The second-order valence-electron chi connectivity index (χ2n) is 22.3. The molecule has 2 aliphatic heterocycles. The highest BCUT2D eigenvalue weighted by molar-refractivity contribution is 7.89. The number of β-amino-alcohol motifs (C(OH)–C–C–N with tert-alkyl or cyclic N) is 1. The molecule has 6 N–H and O–H groups in total. The fourth-order valence-electron chi connectivity index (χ4n) is 9.51. The topological polar surface area (TPSA) is 231 Å². The second kappa shape index (κ2) is 25.8. The Morgan fingerprint density at radius 2 is 1.48 bits per heavy atom. The van der Waals surface area contributed by atoms with E-state index in [1.807, 2.05) is 93.6 Å². The Kier molecular flexibility index (Phi) is 19.5. The molecule has 0 radical (unpaired) electrons. The number of nitrogens with one attached hydrogen (secondary N) is 5. The number of piperazine rings is 1. The number of carbonyl (C=O) groups is 4. The largest absolute Gasteiger partial charge is 0.391 e. The standard InChI is InChI=1S/C57H77N11O7S2/c1-38-34-59-55(64-52(38)61-43-16-15-17-46(32-43)77(74,75)65-57(6,7)8)62-42-24-26-44(27-25-42)66-28-30-67(31-29-66)49(71)19-14-12-10-9-11-13-18-48(70)63-51(56(3,4)5)54(73)68-36-45(69)33-47(68)53(72)58-35-40-20-22-41(23-21-40)50-39(2)60-37-76-50/h15-17,20-27,32,34,37,45,47,51,65,69H,9-14,18-19,28-31,33,35-36H2,1-8H3,(H,58,72)(H,63,70)(H2,59,61,62,64)/t45-,47+,51?/m1/s1. The predicted octanol–water partition coefficient (Wildman–Crippen LogP) is 8.36. The van der Waals surface area contributed by atoms with Crippen LogP contribution in [0.5, 0.6) is 0 Å². The van der Waals surface area contributed by atoms with Crippen LogP contribution in [0, 0.1) is 19.3 Å². The van der Waals surface area contributed by atoms with Crippen LogP contribution in [0.4, 0.5) is 28.8 Å². The van der Waals surface area contributed by atoms with Crippen molar-refractivity contribution >= 4 is 73.8 Å². The van der Waals surface area contributed by atoms with Crippen molar-refractivity contribution in [1.82, 2.24) is 40.1 Å². The first-order valence-corrected chi connectivity index (χ1v) is 29.1. The fourth-order valence-corrected chi connectivity index (χ4v) is 11.8. The lowest BCUT2D eigenvalue weighted by atomic mass is 9.85. The molecule has 2 aromatic heterocycles. The van der Waals surface area contributed by atoms with Crippen LogP contribution in [0.1, 0.15) is 116 Å². The maximum Gasteiger partial charge on any atom is 0.246 e. The van der Waals surface area contributed by atoms with Crippen molar-refractivity contribution in [2.75, 3.05) is 48.3 Å². The van der Waals surface area contributed by atoms with Crippen LogP contribution < -0.4 is 30.9 Å². The highest BCUT2D eigenvalue weighted by atomic mass is 32.2. The molecular formula is C57H77N11O7S2. The maximum absolute atomic E-state index is 14.1. The number of unbranched alkanes of at least 4 members (excludes halogenated alkanes) is 5. The fraction of sp³-hybridized carbons (Fsp3) is 0.491. The first-order valence-electron chi connectivity index (χ1n) is 26.7. The minimum Gasteiger partial charge on any atom is -0.391 e. The van der Waals surface area contributed by atoms with Crippen molar-refractivity contribution in [3.8, 4) is 10.4 Å². The van der Waals surface area contributed by atoms with Crippen molar-refractivity contribution in [2.24, 2.45) is 5.41 Å². The number of rotatable bonds is 22. The van der Waals surface area contributed by atoms with Gasteiger partial charge >= 0.3 is 0 Å². The van der Waals surface area contributed by atoms with Crippen molar-refractivity contribution in [2.45, 2.75) is 148 Å². The Bertz CT molecular complexity index is 2930. The molecule has 0 saturated carbocycles. The van der Waals surface area contributed by atoms with E-state index in [4.69, 9.17) is 0 Å². The number of aliphatic hydroxyl groups excluding tert-OH is 1. The minimum absolute atomic E-state index is 0.0177. The zero-order valence-electron chi connectivity index (χ0n) is 45.8. The monoisotopic (exact) mass is 1090 g/mol. The number of sulfonamides is 1. The molecule has 2 fully saturated rings. The van der Waals surface area contributed by atoms with Gasteiger partial charge < -0.3 is 41.1 Å². The maximum atomic E-state index is 14.1. The molecule has 3 aromatic carbocycles. The molecular weight excluding hydrogens is 1010 g/mol. The van der Waals surface area contributed by atoms with Gasteiger partial charge in [0.2, 0.25) is 39.6 Å². The first-order chi connectivity index (χ1) is 36.5. The first kappa shape index (κ1) is 58.2. The van der Waals surface area contributed by atoms with Gasteiger partial charge in [-0.05, 0) is 106 Å². The summed E-state index contributed by atoms with van der Waals surface area (Å²) in [5.74, 6) is 0.155. The Hall–Kier alpha value is -6.48. The van der Waals surface area contributed by atoms with E-state index < -0.39 is 39.2 Å². The summed E-state index contributed by atoms with van der Waals surface area (Å²) in [7, 11) is -3.72. The summed E-state index contributed by atoms with van der Waals surface area (Å²) in [5, 5.41) is 23.0. The number of anilines is 5. The minimum atomic E-state index is -3.72. The molecule has 20 heteroatoms. The molecule has 4 amide bonds. The quantitative estimate of drug-likeness (QED) is 0.0358. The molecule has 2 saturated heterocycles. The van der Waals surface area contributed by atoms with Crippen LogP contribution in [-0.2, 0) is 35.7 Å². The molecule has 0 bridgehead atoms. The van der Waals surface area contributed by atoms with Gasteiger partial charge in [0.15, 0.2) is 0 Å². The average Bonchev–Trinajstić information content (AvgIpc) is 4.01. The summed E-state index contributed by atoms with van der Waals surface area (Å²) in [5.41, 5.74) is 6.72. The van der Waals surface area contributed by atoms with Crippen LogP contribution >= 0.6 is 11.3 Å². The van der Waals surface area contributed by atoms with E-state index in [0.29, 0.717) is 43.4 Å². The SMILES string of the molecule is Cc1cnc(Nc2ccc(N3CCN(C(=O)CCCCCCCCC(=O)NC(C(=O)N4C[C@H](O)C[C@H]4C(=O)NCc4ccc(-c5scnc5C)cc4)C(C)(C)C)CC3)cc2)nc1Nc1cccc(S(=O)(=O)NC(C)(C)C)c1. The highest BCUT2D eigenvalue weighted by Crippen LogP contribution is 2.30. The van der Waals surface area contributed by atoms with E-state index in [0.717, 1.165) is 83.8 Å². The van der Waals surface area contributed by atoms with E-state index in [-0.39, 0.29) is 54.5 Å². The van der Waals surface area contributed by atoms with Crippen LogP contribution in [0.2, 0.25) is 0 Å². The zero-order valence-corrected chi connectivity index (χ0v) is 47.5. The molecule has 2 aliphatic rings. The lowest BCUT2D eigenvalue weighted by Gasteiger charge is -2.36. The molecule has 1 unspecified atom stereocenters. The summed E-state index contributed by atoms with van der Waals surface area (Å²) in [6, 6.07) is 20.8. The number of aromatic nitrogens is 3. The van der Waals surface area contributed by atoms with Crippen molar-refractivity contribution in [1.29, 1.82) is 0 Å². The molecule has 414 valence electrons. The van der Waals surface area contributed by atoms with Gasteiger partial charge in [-0.3, -0.25) is 19.2 Å². The number of thiazole rings is 1. The summed E-state index contributed by atoms with van der Waals surface area (Å²) < 4.78 is 28.6. The number of aliphatic hydroxyl groups is 1. The third kappa shape index (κ3) is 16.5. The van der Waals surface area contributed by atoms with Crippen LogP contribution in [0.3, 0.4) is 0 Å². The number of amides is 4. The summed E-state index contributed by atoms with van der Waals surface area (Å²) >= 11 is 1.58. The van der Waals surface area contributed by atoms with Crippen LogP contribution in [-0.4, -0.2) is 118 Å². The predicted molar refractivity (Wildman–Crippen MR) is 304 cm³/mol. The number of benzene rings is 3. The van der Waals surface area contributed by atoms with E-state index in [1.165, 1.54) is 4.90 Å². The number of aryl methyl sites for hydroxylation is 2. The number of hydrogen-bond acceptors (Lipinski definition) is 14. The molecule has 5 aromatic rings. The lowest BCUT2D eigenvalue weighted by Crippen LogP contribution is -2.57. The molecule has 4 heterocycles. The normalized spacial score (nSPS) is 16.5. The lowest BCUT2D eigenvalue weighted by molar-refractivity contribution is -0.144. The van der Waals surface area contributed by atoms with E-state index in [2.05, 4.69) is 45.8 Å². The van der Waals surface area contributed by atoms with Gasteiger partial charge in [0.25, 0.3) is 0 Å². The van der Waals surface area contributed by atoms with E-state index >= 15 is 0 Å². The van der Waals surface area contributed by atoms with Crippen LogP contribution in [0.15, 0.2) is 89.4 Å². The molecule has 7 rings (SSSR count). The van der Waals surface area contributed by atoms with Crippen molar-refractivity contribution < 1.29 is 32.7 Å². The van der Waals surface area contributed by atoms with Crippen molar-refractivity contribution in [3.05, 3.63) is 101 Å². The number of carbonyl (C=O) groups excluding carboxylic acids is 4. The van der Waals surface area contributed by atoms with E-state index in [1.54, 1.807) is 62.6 Å². The molecule has 0 aliphatic carbocycles. The Labute approximate surface area is 458 Å². The average molecular weight is 1090 g/mol. The summed E-state index contributed by atoms with van der Waals surface area (Å²) in [6.07, 6.45) is 6.91. The molecule has 0 spiro atoms. The van der Waals surface area contributed by atoms with Crippen molar-refractivity contribution in [3.63, 3.8) is 0 Å². The van der Waals surface area contributed by atoms with Gasteiger partial charge in [-0.25, -0.2) is 23.1 Å².